The molecule has 0 radical (unpaired) electrons. The molecule has 7 nitrogen and oxygen atoms in total. The second kappa shape index (κ2) is 14.5. The molecule has 3 aromatic rings. The Morgan fingerprint density at radius 3 is 2.10 bits per heavy atom. The predicted octanol–water partition coefficient (Wildman–Crippen LogP) is 5.47. The molecule has 0 saturated carbocycles. The summed E-state index contributed by atoms with van der Waals surface area (Å²) in [6.45, 7) is 6.13. The van der Waals surface area contributed by atoms with E-state index in [4.69, 9.17) is 0 Å². The summed E-state index contributed by atoms with van der Waals surface area (Å²) in [4.78, 5) is 28.9. The first-order valence-electron chi connectivity index (χ1n) is 13.4. The topological polar surface area (TPSA) is 86.8 Å². The van der Waals surface area contributed by atoms with E-state index in [0.717, 1.165) is 21.2 Å². The molecule has 214 valence electrons. The van der Waals surface area contributed by atoms with Crippen molar-refractivity contribution >= 4 is 43.5 Å². The Bertz CT molecular complexity index is 1360. The van der Waals surface area contributed by atoms with Gasteiger partial charge in [0.25, 0.3) is 0 Å². The first-order valence-corrected chi connectivity index (χ1v) is 16.0. The largest absolute Gasteiger partial charge is 0.352 e. The van der Waals surface area contributed by atoms with Gasteiger partial charge in [-0.15, -0.1) is 0 Å². The highest BCUT2D eigenvalue weighted by molar-refractivity contribution is 9.10. The molecule has 0 saturated heterocycles. The molecule has 2 amide bonds. The van der Waals surface area contributed by atoms with Crippen LogP contribution < -0.4 is 9.62 Å². The molecule has 3 aromatic carbocycles. The number of hydrogen-bond acceptors (Lipinski definition) is 4. The van der Waals surface area contributed by atoms with Crippen LogP contribution in [0.15, 0.2) is 83.3 Å². The van der Waals surface area contributed by atoms with Crippen LogP contribution in [0.2, 0.25) is 0 Å². The highest BCUT2D eigenvalue weighted by Gasteiger charge is 2.31. The van der Waals surface area contributed by atoms with Crippen molar-refractivity contribution in [2.24, 2.45) is 0 Å². The second-order valence-electron chi connectivity index (χ2n) is 10.3. The molecular weight excluding hydrogens is 590 g/mol. The van der Waals surface area contributed by atoms with E-state index in [-0.39, 0.29) is 37.4 Å². The number of carbonyl (C=O) groups is 2. The summed E-state index contributed by atoms with van der Waals surface area (Å²) in [5, 5.41) is 2.99. The Morgan fingerprint density at radius 1 is 0.900 bits per heavy atom. The zero-order valence-corrected chi connectivity index (χ0v) is 25.9. The lowest BCUT2D eigenvalue weighted by Gasteiger charge is -2.32. The summed E-state index contributed by atoms with van der Waals surface area (Å²) in [6, 6.07) is 23.7. The number of rotatable bonds is 13. The zero-order chi connectivity index (χ0) is 29.3. The van der Waals surface area contributed by atoms with Crippen LogP contribution in [0, 0.1) is 6.92 Å². The molecule has 0 aliphatic rings. The molecule has 0 fully saturated rings. The minimum atomic E-state index is -3.55. The van der Waals surface area contributed by atoms with Gasteiger partial charge in [0, 0.05) is 36.4 Å². The van der Waals surface area contributed by atoms with Gasteiger partial charge in [-0.1, -0.05) is 76.1 Å². The summed E-state index contributed by atoms with van der Waals surface area (Å²) in [6.07, 6.45) is 1.93. The standard InChI is InChI=1S/C31H38BrN3O4S/c1-23(2)33-31(37)29(21-25-9-6-5-7-10-25)34(22-26-14-16-27(32)17-15-26)30(36)11-8-20-35(40(4,38)39)28-18-12-24(3)13-19-28/h5-7,9-10,12-19,23,29H,8,11,20-22H2,1-4H3,(H,33,37)/t29-/m1/s1. The van der Waals surface area contributed by atoms with Crippen LogP contribution in [0.4, 0.5) is 5.69 Å². The van der Waals surface area contributed by atoms with Gasteiger partial charge in [0.05, 0.1) is 11.9 Å². The van der Waals surface area contributed by atoms with Crippen molar-refractivity contribution in [1.29, 1.82) is 0 Å². The molecule has 1 atom stereocenters. The third-order valence-electron chi connectivity index (χ3n) is 6.44. The predicted molar refractivity (Wildman–Crippen MR) is 165 cm³/mol. The fraction of sp³-hybridized carbons (Fsp3) is 0.355. The molecule has 0 aliphatic carbocycles. The van der Waals surface area contributed by atoms with Crippen LogP contribution in [0.25, 0.3) is 0 Å². The van der Waals surface area contributed by atoms with Crippen molar-refractivity contribution in [3.05, 3.63) is 100 Å². The van der Waals surface area contributed by atoms with Crippen LogP contribution in [0.1, 0.15) is 43.4 Å². The number of hydrogen-bond donors (Lipinski definition) is 1. The molecule has 0 heterocycles. The molecule has 0 aromatic heterocycles. The van der Waals surface area contributed by atoms with Crippen LogP contribution in [-0.4, -0.2) is 50.0 Å². The van der Waals surface area contributed by atoms with Crippen LogP contribution in [-0.2, 0) is 32.6 Å². The number of nitrogens with one attached hydrogen (secondary N) is 1. The first kappa shape index (κ1) is 31.4. The van der Waals surface area contributed by atoms with Gasteiger partial charge < -0.3 is 10.2 Å². The third-order valence-corrected chi connectivity index (χ3v) is 8.17. The number of nitrogens with zero attached hydrogens (tertiary/aromatic N) is 2. The fourth-order valence-electron chi connectivity index (χ4n) is 4.44. The number of anilines is 1. The van der Waals surface area contributed by atoms with Crippen molar-refractivity contribution < 1.29 is 18.0 Å². The quantitative estimate of drug-likeness (QED) is 0.272. The lowest BCUT2D eigenvalue weighted by molar-refractivity contribution is -0.141. The van der Waals surface area contributed by atoms with Gasteiger partial charge in [0.15, 0.2) is 0 Å². The lowest BCUT2D eigenvalue weighted by Crippen LogP contribution is -2.51. The Hall–Kier alpha value is -3.17. The maximum atomic E-state index is 13.8. The smallest absolute Gasteiger partial charge is 0.243 e. The SMILES string of the molecule is Cc1ccc(N(CCCC(=O)N(Cc2ccc(Br)cc2)[C@H](Cc2ccccc2)C(=O)NC(C)C)S(C)(=O)=O)cc1. The highest BCUT2D eigenvalue weighted by atomic mass is 79.9. The van der Waals surface area contributed by atoms with Gasteiger partial charge in [-0.2, -0.15) is 0 Å². The maximum Gasteiger partial charge on any atom is 0.243 e. The van der Waals surface area contributed by atoms with Crippen LogP contribution in [0.3, 0.4) is 0 Å². The van der Waals surface area contributed by atoms with Crippen molar-refractivity contribution in [3.8, 4) is 0 Å². The zero-order valence-electron chi connectivity index (χ0n) is 23.5. The normalized spacial score (nSPS) is 12.2. The summed E-state index contributed by atoms with van der Waals surface area (Å²) < 4.78 is 27.4. The number of aryl methyl sites for hydroxylation is 1. The number of sulfonamides is 1. The molecule has 0 aliphatic heterocycles. The average Bonchev–Trinajstić information content (AvgIpc) is 2.90. The van der Waals surface area contributed by atoms with E-state index in [1.807, 2.05) is 87.5 Å². The molecule has 9 heteroatoms. The van der Waals surface area contributed by atoms with Gasteiger partial charge in [-0.05, 0) is 62.6 Å². The van der Waals surface area contributed by atoms with Gasteiger partial charge in [0.1, 0.15) is 6.04 Å². The van der Waals surface area contributed by atoms with Gasteiger partial charge in [0.2, 0.25) is 21.8 Å². The van der Waals surface area contributed by atoms with Crippen molar-refractivity contribution in [1.82, 2.24) is 10.2 Å². The first-order chi connectivity index (χ1) is 18.9. The summed E-state index contributed by atoms with van der Waals surface area (Å²) >= 11 is 3.45. The number of benzene rings is 3. The molecule has 1 N–H and O–H groups in total. The minimum Gasteiger partial charge on any atom is -0.352 e. The lowest BCUT2D eigenvalue weighted by atomic mass is 10.0. The van der Waals surface area contributed by atoms with Crippen LogP contribution in [0.5, 0.6) is 0 Å². The Kier molecular flexibility index (Phi) is 11.3. The van der Waals surface area contributed by atoms with Gasteiger partial charge in [-0.25, -0.2) is 8.42 Å². The van der Waals surface area contributed by atoms with E-state index in [1.54, 1.807) is 17.0 Å². The average molecular weight is 629 g/mol. The van der Waals surface area contributed by atoms with Crippen molar-refractivity contribution in [2.45, 2.75) is 58.7 Å². The minimum absolute atomic E-state index is 0.0896. The van der Waals surface area contributed by atoms with Crippen LogP contribution >= 0.6 is 15.9 Å². The van der Waals surface area contributed by atoms with E-state index >= 15 is 0 Å². The highest BCUT2D eigenvalue weighted by Crippen LogP contribution is 2.21. The van der Waals surface area contributed by atoms with Gasteiger partial charge >= 0.3 is 0 Å². The third kappa shape index (κ3) is 9.48. The monoisotopic (exact) mass is 627 g/mol. The molecule has 3 rings (SSSR count). The second-order valence-corrected chi connectivity index (χ2v) is 13.1. The Morgan fingerprint density at radius 2 is 1.52 bits per heavy atom. The van der Waals surface area contributed by atoms with Gasteiger partial charge in [-0.3, -0.25) is 13.9 Å². The maximum absolute atomic E-state index is 13.8. The summed E-state index contributed by atoms with van der Waals surface area (Å²) in [5.74, 6) is -0.429. The number of carbonyl (C=O) groups excluding carboxylic acids is 2. The molecule has 40 heavy (non-hydrogen) atoms. The number of halogens is 1. The number of amides is 2. The molecule has 0 bridgehead atoms. The summed E-state index contributed by atoms with van der Waals surface area (Å²) in [5.41, 5.74) is 3.43. The molecule has 0 unspecified atom stereocenters. The van der Waals surface area contributed by atoms with E-state index < -0.39 is 16.1 Å². The summed E-state index contributed by atoms with van der Waals surface area (Å²) in [7, 11) is -3.55. The van der Waals surface area contributed by atoms with E-state index in [9.17, 15) is 18.0 Å². The molecule has 0 spiro atoms. The fourth-order valence-corrected chi connectivity index (χ4v) is 5.67. The van der Waals surface area contributed by atoms with E-state index in [0.29, 0.717) is 18.5 Å². The van der Waals surface area contributed by atoms with E-state index in [2.05, 4.69) is 21.2 Å². The Balaban J connectivity index is 1.87. The van der Waals surface area contributed by atoms with Crippen molar-refractivity contribution in [2.75, 3.05) is 17.1 Å². The van der Waals surface area contributed by atoms with E-state index in [1.165, 1.54) is 10.6 Å². The molecular formula is C31H38BrN3O4S. The Labute approximate surface area is 246 Å². The van der Waals surface area contributed by atoms with Crippen molar-refractivity contribution in [3.63, 3.8) is 0 Å².